The zero-order chi connectivity index (χ0) is 22.0. The number of nitrogens with one attached hydrogen (secondary N) is 1. The Morgan fingerprint density at radius 2 is 1.90 bits per heavy atom. The Morgan fingerprint density at radius 1 is 1.13 bits per heavy atom. The van der Waals surface area contributed by atoms with Crippen LogP contribution >= 0.6 is 23.1 Å². The molecule has 3 heterocycles. The number of rotatable bonds is 7. The van der Waals surface area contributed by atoms with Gasteiger partial charge in [-0.1, -0.05) is 36.0 Å². The summed E-state index contributed by atoms with van der Waals surface area (Å²) in [7, 11) is 1.33. The second kappa shape index (κ2) is 8.91. The Morgan fingerprint density at radius 3 is 2.58 bits per heavy atom. The lowest BCUT2D eigenvalue weighted by molar-refractivity contribution is 0.0599. The molecule has 4 aromatic rings. The van der Waals surface area contributed by atoms with Gasteiger partial charge in [-0.05, 0) is 43.0 Å². The molecule has 0 radical (unpaired) electrons. The average molecular weight is 453 g/mol. The van der Waals surface area contributed by atoms with E-state index in [0.29, 0.717) is 27.7 Å². The number of carbonyl (C=O) groups is 2. The molecule has 0 unspecified atom stereocenters. The number of carbonyl (C=O) groups excluding carboxylic acids is 2. The molecule has 0 aliphatic rings. The molecule has 0 aliphatic carbocycles. The first kappa shape index (κ1) is 21.1. The van der Waals surface area contributed by atoms with E-state index in [1.165, 1.54) is 18.9 Å². The number of nitrogens with zero attached hydrogens (tertiary/aromatic N) is 3. The van der Waals surface area contributed by atoms with Gasteiger partial charge < -0.3 is 9.72 Å². The van der Waals surface area contributed by atoms with E-state index >= 15 is 0 Å². The molecule has 0 saturated heterocycles. The second-order valence-electron chi connectivity index (χ2n) is 6.78. The highest BCUT2D eigenvalue weighted by Gasteiger charge is 2.24. The fourth-order valence-electron chi connectivity index (χ4n) is 3.38. The number of benzene rings is 1. The number of hydrogen-bond acceptors (Lipinski definition) is 7. The van der Waals surface area contributed by atoms with Gasteiger partial charge >= 0.3 is 5.97 Å². The average Bonchev–Trinajstić information content (AvgIpc) is 3.51. The number of methoxy groups -OCH3 is 1. The van der Waals surface area contributed by atoms with Gasteiger partial charge in [0.1, 0.15) is 0 Å². The maximum Gasteiger partial charge on any atom is 0.339 e. The van der Waals surface area contributed by atoms with Gasteiger partial charge in [0.2, 0.25) is 0 Å². The number of ether oxygens (including phenoxy) is 1. The van der Waals surface area contributed by atoms with Crippen LogP contribution < -0.4 is 0 Å². The molecule has 158 valence electrons. The Kier molecular flexibility index (Phi) is 6.06. The van der Waals surface area contributed by atoms with Crippen molar-refractivity contribution >= 4 is 34.9 Å². The highest BCUT2D eigenvalue weighted by Crippen LogP contribution is 2.31. The van der Waals surface area contributed by atoms with Crippen molar-refractivity contribution in [1.82, 2.24) is 19.7 Å². The molecule has 0 saturated carbocycles. The Labute approximate surface area is 187 Å². The number of aromatic nitrogens is 4. The first-order chi connectivity index (χ1) is 15.0. The van der Waals surface area contributed by atoms with E-state index in [0.717, 1.165) is 16.4 Å². The molecule has 0 spiro atoms. The molecule has 1 aromatic carbocycles. The van der Waals surface area contributed by atoms with Gasteiger partial charge in [-0.25, -0.2) is 4.79 Å². The topological polar surface area (TPSA) is 89.9 Å². The van der Waals surface area contributed by atoms with Gasteiger partial charge in [-0.15, -0.1) is 21.5 Å². The Balaban J connectivity index is 1.63. The van der Waals surface area contributed by atoms with Crippen molar-refractivity contribution in [1.29, 1.82) is 0 Å². The molecule has 0 bridgehead atoms. The zero-order valence-corrected chi connectivity index (χ0v) is 18.8. The normalized spacial score (nSPS) is 10.9. The monoisotopic (exact) mass is 452 g/mol. The number of H-pyrrole nitrogens is 1. The zero-order valence-electron chi connectivity index (χ0n) is 17.2. The van der Waals surface area contributed by atoms with Crippen molar-refractivity contribution in [3.63, 3.8) is 0 Å². The predicted octanol–water partition coefficient (Wildman–Crippen LogP) is 4.70. The second-order valence-corrected chi connectivity index (χ2v) is 8.67. The molecule has 9 heteroatoms. The number of aromatic amines is 1. The number of hydrogen-bond donors (Lipinski definition) is 1. The van der Waals surface area contributed by atoms with Crippen molar-refractivity contribution in [2.75, 3.05) is 12.9 Å². The molecule has 3 aromatic heterocycles. The third-order valence-corrected chi connectivity index (χ3v) is 6.62. The summed E-state index contributed by atoms with van der Waals surface area (Å²) in [4.78, 5) is 29.0. The number of aryl methyl sites for hydroxylation is 1. The molecule has 1 N–H and O–H groups in total. The van der Waals surface area contributed by atoms with Crippen LogP contribution in [0.15, 0.2) is 53.0 Å². The summed E-state index contributed by atoms with van der Waals surface area (Å²) in [6, 6.07) is 13.8. The summed E-state index contributed by atoms with van der Waals surface area (Å²) in [5.41, 5.74) is 2.95. The lowest BCUT2D eigenvalue weighted by atomic mass is 10.1. The van der Waals surface area contributed by atoms with E-state index < -0.39 is 5.97 Å². The number of Topliss-reactive ketones (excluding diaryl/α,β-unsaturated/α-hetero) is 1. The Hall–Kier alpha value is -3.17. The molecule has 7 nitrogen and oxygen atoms in total. The van der Waals surface area contributed by atoms with Gasteiger partial charge in [0, 0.05) is 11.4 Å². The maximum atomic E-state index is 12.9. The van der Waals surface area contributed by atoms with Crippen LogP contribution in [-0.4, -0.2) is 44.4 Å². The minimum absolute atomic E-state index is 0.124. The molecule has 4 rings (SSSR count). The van der Waals surface area contributed by atoms with Crippen LogP contribution in [0.5, 0.6) is 0 Å². The number of thiophene rings is 1. The highest BCUT2D eigenvalue weighted by molar-refractivity contribution is 7.99. The molecule has 0 amide bonds. The summed E-state index contributed by atoms with van der Waals surface area (Å²) < 4.78 is 6.78. The van der Waals surface area contributed by atoms with Crippen molar-refractivity contribution < 1.29 is 14.3 Å². The molecule has 31 heavy (non-hydrogen) atoms. The van der Waals surface area contributed by atoms with E-state index in [9.17, 15) is 9.59 Å². The van der Waals surface area contributed by atoms with Crippen LogP contribution in [-0.2, 0) is 4.74 Å². The van der Waals surface area contributed by atoms with Crippen LogP contribution in [0.2, 0.25) is 0 Å². The molecule has 0 aliphatic heterocycles. The quantitative estimate of drug-likeness (QED) is 0.248. The summed E-state index contributed by atoms with van der Waals surface area (Å²) in [5.74, 6) is 0.302. The van der Waals surface area contributed by atoms with Crippen LogP contribution in [0.1, 0.15) is 32.1 Å². The molecular formula is C22H20N4O3S2. The largest absolute Gasteiger partial charge is 0.465 e. The number of thioether (sulfide) groups is 1. The van der Waals surface area contributed by atoms with E-state index in [2.05, 4.69) is 15.2 Å². The van der Waals surface area contributed by atoms with Crippen LogP contribution in [0.3, 0.4) is 0 Å². The van der Waals surface area contributed by atoms with Crippen LogP contribution in [0.4, 0.5) is 0 Å². The molecule has 0 atom stereocenters. The van der Waals surface area contributed by atoms with Crippen molar-refractivity contribution in [2.45, 2.75) is 19.0 Å². The molecular weight excluding hydrogens is 432 g/mol. The number of esters is 1. The highest BCUT2D eigenvalue weighted by atomic mass is 32.2. The minimum atomic E-state index is -0.456. The van der Waals surface area contributed by atoms with E-state index in [4.69, 9.17) is 4.74 Å². The van der Waals surface area contributed by atoms with E-state index in [-0.39, 0.29) is 11.5 Å². The van der Waals surface area contributed by atoms with Crippen molar-refractivity contribution in [3.8, 4) is 16.4 Å². The fraction of sp³-hybridized carbons (Fsp3) is 0.182. The Bertz CT molecular complexity index is 1230. The summed E-state index contributed by atoms with van der Waals surface area (Å²) >= 11 is 2.89. The van der Waals surface area contributed by atoms with Crippen molar-refractivity contribution in [2.24, 2.45) is 0 Å². The summed E-state index contributed by atoms with van der Waals surface area (Å²) in [6.07, 6.45) is 0. The van der Waals surface area contributed by atoms with Gasteiger partial charge in [0.15, 0.2) is 16.8 Å². The lowest BCUT2D eigenvalue weighted by Gasteiger charge is -2.09. The maximum absolute atomic E-state index is 12.9. The van der Waals surface area contributed by atoms with Gasteiger partial charge in [0.05, 0.1) is 29.0 Å². The third kappa shape index (κ3) is 4.06. The van der Waals surface area contributed by atoms with Crippen molar-refractivity contribution in [3.05, 3.63) is 70.4 Å². The van der Waals surface area contributed by atoms with Gasteiger partial charge in [0.25, 0.3) is 0 Å². The standard InChI is InChI=1S/C22H20N4O3S2/c1-13-18(21(28)29-3)14(2)23-19(13)16(27)12-31-22-25-24-20(17-10-7-11-30-17)26(22)15-8-5-4-6-9-15/h4-11,23H,12H2,1-3H3. The van der Waals surface area contributed by atoms with Crippen LogP contribution in [0, 0.1) is 13.8 Å². The van der Waals surface area contributed by atoms with Gasteiger partial charge in [-0.3, -0.25) is 9.36 Å². The predicted molar refractivity (Wildman–Crippen MR) is 121 cm³/mol. The van der Waals surface area contributed by atoms with Gasteiger partial charge in [-0.2, -0.15) is 0 Å². The number of para-hydroxylation sites is 1. The molecule has 0 fully saturated rings. The first-order valence-electron chi connectivity index (χ1n) is 9.49. The van der Waals surface area contributed by atoms with E-state index in [1.807, 2.05) is 52.4 Å². The third-order valence-electron chi connectivity index (χ3n) is 4.83. The summed E-state index contributed by atoms with van der Waals surface area (Å²) in [5, 5.41) is 11.3. The number of ketones is 1. The SMILES string of the molecule is COC(=O)c1c(C)[nH]c(C(=O)CSc2nnc(-c3cccs3)n2-c2ccccc2)c1C. The lowest BCUT2D eigenvalue weighted by Crippen LogP contribution is -2.08. The minimum Gasteiger partial charge on any atom is -0.465 e. The first-order valence-corrected chi connectivity index (χ1v) is 11.4. The smallest absolute Gasteiger partial charge is 0.339 e. The van der Waals surface area contributed by atoms with Crippen LogP contribution in [0.25, 0.3) is 16.4 Å². The summed E-state index contributed by atoms with van der Waals surface area (Å²) in [6.45, 7) is 3.50. The fourth-order valence-corrected chi connectivity index (χ4v) is 4.90. The van der Waals surface area contributed by atoms with E-state index in [1.54, 1.807) is 25.2 Å².